The second kappa shape index (κ2) is 9.15. The number of methoxy groups -OCH3 is 1. The zero-order valence-electron chi connectivity index (χ0n) is 16.8. The molecule has 1 amide bonds. The van der Waals surface area contributed by atoms with Gasteiger partial charge in [0.1, 0.15) is 6.04 Å². The fourth-order valence-corrected chi connectivity index (χ4v) is 4.55. The largest absolute Gasteiger partial charge is 0.480 e. The van der Waals surface area contributed by atoms with Crippen LogP contribution >= 0.6 is 0 Å². The Labute approximate surface area is 170 Å². The molecule has 2 aliphatic rings. The van der Waals surface area contributed by atoms with Gasteiger partial charge in [0.05, 0.1) is 19.3 Å². The summed E-state index contributed by atoms with van der Waals surface area (Å²) in [6, 6.07) is 6.53. The standard InChI is InChI=1S/C21H28N2O6/c1-3-29-20(26)16-6-4-5-7-17(16)22-15-9-8-13-12-23(21(27)28-2)18(19(24)25)11-14(13)10-15/h4-7,13-15,18,22H,3,8-12H2,1-2H3,(H,24,25). The zero-order valence-corrected chi connectivity index (χ0v) is 16.8. The Morgan fingerprint density at radius 2 is 1.93 bits per heavy atom. The predicted molar refractivity (Wildman–Crippen MR) is 106 cm³/mol. The van der Waals surface area contributed by atoms with Crippen molar-refractivity contribution in [3.8, 4) is 0 Å². The molecule has 0 aromatic heterocycles. The summed E-state index contributed by atoms with van der Waals surface area (Å²) >= 11 is 0. The lowest BCUT2D eigenvalue weighted by Gasteiger charge is -2.46. The molecule has 0 spiro atoms. The number of carboxylic acids is 1. The Balaban J connectivity index is 1.70. The molecule has 158 valence electrons. The number of carbonyl (C=O) groups excluding carboxylic acids is 2. The fourth-order valence-electron chi connectivity index (χ4n) is 4.55. The van der Waals surface area contributed by atoms with E-state index < -0.39 is 18.1 Å². The molecule has 2 N–H and O–H groups in total. The minimum atomic E-state index is -1.00. The first-order valence-corrected chi connectivity index (χ1v) is 10.0. The first kappa shape index (κ1) is 21.0. The molecule has 4 unspecified atom stereocenters. The number of rotatable bonds is 5. The lowest BCUT2D eigenvalue weighted by Crippen LogP contribution is -2.55. The van der Waals surface area contributed by atoms with E-state index in [1.165, 1.54) is 12.0 Å². The molecule has 0 bridgehead atoms. The number of carbonyl (C=O) groups is 3. The molecule has 1 aromatic carbocycles. The summed E-state index contributed by atoms with van der Waals surface area (Å²) in [5.41, 5.74) is 1.23. The van der Waals surface area contributed by atoms with E-state index in [0.717, 1.165) is 24.9 Å². The van der Waals surface area contributed by atoms with E-state index in [0.29, 0.717) is 25.1 Å². The molecule has 1 aliphatic carbocycles. The van der Waals surface area contributed by atoms with Crippen LogP contribution in [0, 0.1) is 11.8 Å². The summed E-state index contributed by atoms with van der Waals surface area (Å²) in [4.78, 5) is 37.2. The summed E-state index contributed by atoms with van der Waals surface area (Å²) in [5.74, 6) is -0.917. The number of nitrogens with zero attached hydrogens (tertiary/aromatic N) is 1. The van der Waals surface area contributed by atoms with Gasteiger partial charge < -0.3 is 19.9 Å². The topological polar surface area (TPSA) is 105 Å². The number of esters is 1. The van der Waals surface area contributed by atoms with Crippen LogP contribution in [-0.4, -0.2) is 60.4 Å². The number of hydrogen-bond donors (Lipinski definition) is 2. The third kappa shape index (κ3) is 4.63. The number of likely N-dealkylation sites (tertiary alicyclic amines) is 1. The molecule has 3 rings (SSSR count). The highest BCUT2D eigenvalue weighted by Gasteiger charge is 2.44. The monoisotopic (exact) mass is 404 g/mol. The van der Waals surface area contributed by atoms with E-state index in [1.807, 2.05) is 12.1 Å². The van der Waals surface area contributed by atoms with Crippen LogP contribution in [0.2, 0.25) is 0 Å². The number of carboxylic acid groups (broad SMARTS) is 1. The summed E-state index contributed by atoms with van der Waals surface area (Å²) in [5, 5.41) is 13.0. The zero-order chi connectivity index (χ0) is 21.0. The van der Waals surface area contributed by atoms with Gasteiger partial charge in [0.2, 0.25) is 0 Å². The van der Waals surface area contributed by atoms with Crippen molar-refractivity contribution in [2.75, 3.05) is 25.6 Å². The van der Waals surface area contributed by atoms with Gasteiger partial charge in [-0.25, -0.2) is 14.4 Å². The van der Waals surface area contributed by atoms with Crippen LogP contribution in [0.4, 0.5) is 10.5 Å². The Bertz CT molecular complexity index is 767. The number of hydrogen-bond acceptors (Lipinski definition) is 6. The molecule has 2 fully saturated rings. The van der Waals surface area contributed by atoms with Crippen LogP contribution < -0.4 is 5.32 Å². The maximum Gasteiger partial charge on any atom is 0.410 e. The van der Waals surface area contributed by atoms with Gasteiger partial charge in [-0.05, 0) is 56.6 Å². The lowest BCUT2D eigenvalue weighted by molar-refractivity contribution is -0.146. The van der Waals surface area contributed by atoms with Crippen molar-refractivity contribution in [1.29, 1.82) is 0 Å². The third-order valence-electron chi connectivity index (χ3n) is 5.95. The van der Waals surface area contributed by atoms with E-state index >= 15 is 0 Å². The van der Waals surface area contributed by atoms with Gasteiger partial charge in [-0.15, -0.1) is 0 Å². The predicted octanol–water partition coefficient (Wildman–Crippen LogP) is 2.99. The number of ether oxygens (including phenoxy) is 2. The van der Waals surface area contributed by atoms with Crippen LogP contribution in [0.25, 0.3) is 0 Å². The lowest BCUT2D eigenvalue weighted by atomic mass is 9.71. The molecular formula is C21H28N2O6. The molecule has 8 heteroatoms. The van der Waals surface area contributed by atoms with Crippen molar-refractivity contribution in [3.63, 3.8) is 0 Å². The smallest absolute Gasteiger partial charge is 0.410 e. The molecule has 8 nitrogen and oxygen atoms in total. The molecule has 1 heterocycles. The van der Waals surface area contributed by atoms with Crippen molar-refractivity contribution in [2.45, 2.75) is 44.7 Å². The van der Waals surface area contributed by atoms with Crippen LogP contribution in [0.15, 0.2) is 24.3 Å². The Morgan fingerprint density at radius 3 is 2.62 bits per heavy atom. The first-order valence-electron chi connectivity index (χ1n) is 10.0. The van der Waals surface area contributed by atoms with Crippen molar-refractivity contribution in [1.82, 2.24) is 4.90 Å². The average Bonchev–Trinajstić information content (AvgIpc) is 2.72. The quantitative estimate of drug-likeness (QED) is 0.727. The average molecular weight is 404 g/mol. The van der Waals surface area contributed by atoms with Gasteiger partial charge in [0.25, 0.3) is 0 Å². The highest BCUT2D eigenvalue weighted by Crippen LogP contribution is 2.40. The molecule has 1 saturated heterocycles. The Kier molecular flexibility index (Phi) is 6.61. The van der Waals surface area contributed by atoms with Gasteiger partial charge >= 0.3 is 18.0 Å². The third-order valence-corrected chi connectivity index (χ3v) is 5.95. The summed E-state index contributed by atoms with van der Waals surface area (Å²) in [6.45, 7) is 2.49. The second-order valence-electron chi connectivity index (χ2n) is 7.65. The number of amides is 1. The maximum absolute atomic E-state index is 12.2. The van der Waals surface area contributed by atoms with Gasteiger partial charge in [0, 0.05) is 18.3 Å². The van der Waals surface area contributed by atoms with E-state index in [-0.39, 0.29) is 23.8 Å². The van der Waals surface area contributed by atoms with Crippen LogP contribution in [-0.2, 0) is 14.3 Å². The maximum atomic E-state index is 12.2. The van der Waals surface area contributed by atoms with Gasteiger partial charge in [0.15, 0.2) is 0 Å². The number of piperidine rings is 1. The van der Waals surface area contributed by atoms with E-state index in [2.05, 4.69) is 5.32 Å². The summed E-state index contributed by atoms with van der Waals surface area (Å²) in [7, 11) is 1.27. The highest BCUT2D eigenvalue weighted by molar-refractivity contribution is 5.95. The SMILES string of the molecule is CCOC(=O)c1ccccc1NC1CCC2CN(C(=O)OC)C(C(=O)O)CC2C1. The van der Waals surface area contributed by atoms with Crippen molar-refractivity contribution < 1.29 is 29.0 Å². The number of para-hydroxylation sites is 1. The van der Waals surface area contributed by atoms with Gasteiger partial charge in [-0.3, -0.25) is 4.90 Å². The number of aliphatic carboxylic acids is 1. The molecular weight excluding hydrogens is 376 g/mol. The molecule has 0 radical (unpaired) electrons. The number of nitrogens with one attached hydrogen (secondary N) is 1. The summed E-state index contributed by atoms with van der Waals surface area (Å²) < 4.78 is 9.91. The number of anilines is 1. The second-order valence-corrected chi connectivity index (χ2v) is 7.65. The normalized spacial score (nSPS) is 26.2. The van der Waals surface area contributed by atoms with Crippen LogP contribution in [0.1, 0.15) is 43.0 Å². The molecule has 1 aliphatic heterocycles. The minimum Gasteiger partial charge on any atom is -0.480 e. The highest BCUT2D eigenvalue weighted by atomic mass is 16.5. The molecule has 4 atom stereocenters. The van der Waals surface area contributed by atoms with Gasteiger partial charge in [-0.2, -0.15) is 0 Å². The Morgan fingerprint density at radius 1 is 1.17 bits per heavy atom. The van der Waals surface area contributed by atoms with E-state index in [9.17, 15) is 19.5 Å². The Hall–Kier alpha value is -2.77. The molecule has 29 heavy (non-hydrogen) atoms. The van der Waals surface area contributed by atoms with Crippen molar-refractivity contribution >= 4 is 23.7 Å². The number of fused-ring (bicyclic) bond motifs is 1. The molecule has 1 aromatic rings. The van der Waals surface area contributed by atoms with E-state index in [1.54, 1.807) is 19.1 Å². The molecule has 1 saturated carbocycles. The van der Waals surface area contributed by atoms with Crippen molar-refractivity contribution in [2.24, 2.45) is 11.8 Å². The first-order chi connectivity index (χ1) is 13.9. The fraction of sp³-hybridized carbons (Fsp3) is 0.571. The van der Waals surface area contributed by atoms with Gasteiger partial charge in [-0.1, -0.05) is 12.1 Å². The van der Waals surface area contributed by atoms with Crippen molar-refractivity contribution in [3.05, 3.63) is 29.8 Å². The number of benzene rings is 1. The van der Waals surface area contributed by atoms with E-state index in [4.69, 9.17) is 9.47 Å². The van der Waals surface area contributed by atoms with Crippen LogP contribution in [0.3, 0.4) is 0 Å². The van der Waals surface area contributed by atoms with Crippen LogP contribution in [0.5, 0.6) is 0 Å². The summed E-state index contributed by atoms with van der Waals surface area (Å²) in [6.07, 6.45) is 2.38. The minimum absolute atomic E-state index is 0.131.